The fourth-order valence-electron chi connectivity index (χ4n) is 2.34. The number of carbonyl (C=O) groups excluding carboxylic acids is 1. The number of hydrogen-bond acceptors (Lipinski definition) is 3. The highest BCUT2D eigenvalue weighted by atomic mass is 16.4. The molecule has 2 rings (SSSR count). The number of likely N-dealkylation sites (N-methyl/N-ethyl adjacent to an activating group) is 1. The molecule has 7 heteroatoms. The predicted octanol–water partition coefficient (Wildman–Crippen LogP) is 0.849. The number of aromatic amines is 1. The highest BCUT2D eigenvalue weighted by molar-refractivity contribution is 5.83. The van der Waals surface area contributed by atoms with Gasteiger partial charge in [-0.1, -0.05) is 6.08 Å². The Morgan fingerprint density at radius 2 is 2.45 bits per heavy atom. The molecule has 1 aromatic heterocycles. The summed E-state index contributed by atoms with van der Waals surface area (Å²) in [6, 6.07) is -1.17. The minimum absolute atomic E-state index is 0.228. The Morgan fingerprint density at radius 3 is 3.05 bits per heavy atom. The first-order chi connectivity index (χ1) is 9.58. The van der Waals surface area contributed by atoms with E-state index in [-0.39, 0.29) is 19.0 Å². The first kappa shape index (κ1) is 14.1. The lowest BCUT2D eigenvalue weighted by atomic mass is 10.0. The van der Waals surface area contributed by atoms with E-state index in [0.29, 0.717) is 18.8 Å². The third-order valence-electron chi connectivity index (χ3n) is 3.43. The summed E-state index contributed by atoms with van der Waals surface area (Å²) in [6.07, 6.45) is 3.38. The molecule has 0 aromatic carbocycles. The molecule has 2 amide bonds. The standard InChI is InChI=1S/C13H18N4O3/c1-3-5-16(4-2)13(20)17-7-10-9(14-8-15-10)6-11(17)12(18)19/h3,8,11H,1,4-7H2,2H3,(H,14,15)(H,18,19). The minimum atomic E-state index is -1.01. The quantitative estimate of drug-likeness (QED) is 0.799. The molecule has 20 heavy (non-hydrogen) atoms. The molecule has 1 aliphatic heterocycles. The molecule has 0 fully saturated rings. The molecule has 0 bridgehead atoms. The Labute approximate surface area is 116 Å². The predicted molar refractivity (Wildman–Crippen MR) is 72.1 cm³/mol. The van der Waals surface area contributed by atoms with E-state index in [0.717, 1.165) is 5.69 Å². The molecule has 2 heterocycles. The number of imidazole rings is 1. The maximum Gasteiger partial charge on any atom is 0.326 e. The van der Waals surface area contributed by atoms with Crippen LogP contribution in [0.15, 0.2) is 19.0 Å². The smallest absolute Gasteiger partial charge is 0.326 e. The number of nitrogens with one attached hydrogen (secondary N) is 1. The topological polar surface area (TPSA) is 89.5 Å². The molecule has 1 aliphatic rings. The molecule has 1 aromatic rings. The van der Waals surface area contributed by atoms with E-state index in [4.69, 9.17) is 0 Å². The van der Waals surface area contributed by atoms with Gasteiger partial charge in [-0.25, -0.2) is 14.6 Å². The van der Waals surface area contributed by atoms with Crippen LogP contribution in [0, 0.1) is 0 Å². The van der Waals surface area contributed by atoms with Crippen LogP contribution in [0.25, 0.3) is 0 Å². The first-order valence-corrected chi connectivity index (χ1v) is 6.48. The molecule has 1 atom stereocenters. The molecule has 0 aliphatic carbocycles. The number of H-pyrrole nitrogens is 1. The van der Waals surface area contributed by atoms with Gasteiger partial charge in [0.2, 0.25) is 0 Å². The van der Waals surface area contributed by atoms with Crippen molar-refractivity contribution in [3.05, 3.63) is 30.4 Å². The number of carbonyl (C=O) groups is 2. The van der Waals surface area contributed by atoms with Gasteiger partial charge in [-0.15, -0.1) is 6.58 Å². The van der Waals surface area contributed by atoms with Crippen LogP contribution in [0.3, 0.4) is 0 Å². The zero-order chi connectivity index (χ0) is 14.7. The number of fused-ring (bicyclic) bond motifs is 1. The number of aromatic nitrogens is 2. The lowest BCUT2D eigenvalue weighted by molar-refractivity contribution is -0.142. The Balaban J connectivity index is 2.26. The first-order valence-electron chi connectivity index (χ1n) is 6.48. The number of urea groups is 1. The van der Waals surface area contributed by atoms with E-state index >= 15 is 0 Å². The van der Waals surface area contributed by atoms with Crippen molar-refractivity contribution in [3.63, 3.8) is 0 Å². The highest BCUT2D eigenvalue weighted by Crippen LogP contribution is 2.22. The summed E-state index contributed by atoms with van der Waals surface area (Å²) in [4.78, 5) is 33.9. The summed E-state index contributed by atoms with van der Waals surface area (Å²) >= 11 is 0. The third-order valence-corrected chi connectivity index (χ3v) is 3.43. The largest absolute Gasteiger partial charge is 0.480 e. The Bertz CT molecular complexity index is 525. The molecule has 0 radical (unpaired) electrons. The van der Waals surface area contributed by atoms with Crippen molar-refractivity contribution in [2.75, 3.05) is 13.1 Å². The average Bonchev–Trinajstić information content (AvgIpc) is 2.89. The Morgan fingerprint density at radius 1 is 1.70 bits per heavy atom. The second-order valence-electron chi connectivity index (χ2n) is 4.62. The van der Waals surface area contributed by atoms with Gasteiger partial charge >= 0.3 is 12.0 Å². The van der Waals surface area contributed by atoms with Gasteiger partial charge < -0.3 is 19.9 Å². The zero-order valence-corrected chi connectivity index (χ0v) is 11.4. The second kappa shape index (κ2) is 5.77. The zero-order valence-electron chi connectivity index (χ0n) is 11.4. The molecule has 0 saturated carbocycles. The number of carboxylic acids is 1. The van der Waals surface area contributed by atoms with Crippen molar-refractivity contribution in [1.82, 2.24) is 19.8 Å². The summed E-state index contributed by atoms with van der Waals surface area (Å²) in [6.45, 7) is 6.60. The maximum absolute atomic E-state index is 12.5. The highest BCUT2D eigenvalue weighted by Gasteiger charge is 2.37. The number of amides is 2. The van der Waals surface area contributed by atoms with Crippen molar-refractivity contribution in [2.45, 2.75) is 25.9 Å². The summed E-state index contributed by atoms with van der Waals surface area (Å²) < 4.78 is 0. The van der Waals surface area contributed by atoms with E-state index in [1.54, 1.807) is 11.0 Å². The molecule has 7 nitrogen and oxygen atoms in total. The summed E-state index contributed by atoms with van der Waals surface area (Å²) in [7, 11) is 0. The van der Waals surface area contributed by atoms with Gasteiger partial charge in [0.25, 0.3) is 0 Å². The van der Waals surface area contributed by atoms with Gasteiger partial charge in [0.1, 0.15) is 6.04 Å². The van der Waals surface area contributed by atoms with Crippen molar-refractivity contribution < 1.29 is 14.7 Å². The van der Waals surface area contributed by atoms with Gasteiger partial charge in [0, 0.05) is 19.5 Å². The minimum Gasteiger partial charge on any atom is -0.480 e. The number of rotatable bonds is 4. The van der Waals surface area contributed by atoms with Crippen LogP contribution in [0.4, 0.5) is 4.79 Å². The summed E-state index contributed by atoms with van der Waals surface area (Å²) in [5.74, 6) is -1.01. The van der Waals surface area contributed by atoms with Crippen molar-refractivity contribution in [3.8, 4) is 0 Å². The van der Waals surface area contributed by atoms with Gasteiger partial charge in [-0.2, -0.15) is 0 Å². The Kier molecular flexibility index (Phi) is 4.07. The SMILES string of the molecule is C=CCN(CC)C(=O)N1Cc2[nH]cnc2CC1C(=O)O. The molecule has 2 N–H and O–H groups in total. The van der Waals surface area contributed by atoms with Crippen LogP contribution in [0.2, 0.25) is 0 Å². The number of aliphatic carboxylic acids is 1. The van der Waals surface area contributed by atoms with Crippen molar-refractivity contribution in [1.29, 1.82) is 0 Å². The fourth-order valence-corrected chi connectivity index (χ4v) is 2.34. The van der Waals surface area contributed by atoms with Crippen LogP contribution in [0.5, 0.6) is 0 Å². The van der Waals surface area contributed by atoms with E-state index in [1.807, 2.05) is 6.92 Å². The van der Waals surface area contributed by atoms with Gasteiger partial charge in [-0.3, -0.25) is 0 Å². The van der Waals surface area contributed by atoms with Crippen molar-refractivity contribution in [2.24, 2.45) is 0 Å². The van der Waals surface area contributed by atoms with Crippen molar-refractivity contribution >= 4 is 12.0 Å². The van der Waals surface area contributed by atoms with Crippen LogP contribution >= 0.6 is 0 Å². The second-order valence-corrected chi connectivity index (χ2v) is 4.62. The van der Waals surface area contributed by atoms with Crippen LogP contribution in [-0.2, 0) is 17.8 Å². The number of hydrogen-bond donors (Lipinski definition) is 2. The molecule has 1 unspecified atom stereocenters. The molecule has 108 valence electrons. The molecule has 0 saturated heterocycles. The Hall–Kier alpha value is -2.31. The van der Waals surface area contributed by atoms with E-state index < -0.39 is 12.0 Å². The normalized spacial score (nSPS) is 17.4. The van der Waals surface area contributed by atoms with Crippen LogP contribution in [0.1, 0.15) is 18.3 Å². The average molecular weight is 278 g/mol. The number of nitrogens with zero attached hydrogens (tertiary/aromatic N) is 3. The molecular weight excluding hydrogens is 260 g/mol. The van der Waals surface area contributed by atoms with E-state index in [2.05, 4.69) is 16.5 Å². The maximum atomic E-state index is 12.5. The third kappa shape index (κ3) is 2.52. The summed E-state index contributed by atoms with van der Waals surface area (Å²) in [5.41, 5.74) is 1.51. The summed E-state index contributed by atoms with van der Waals surface area (Å²) in [5, 5.41) is 9.33. The lowest BCUT2D eigenvalue weighted by Crippen LogP contribution is -2.53. The van der Waals surface area contributed by atoms with Crippen LogP contribution in [-0.4, -0.2) is 56.0 Å². The van der Waals surface area contributed by atoms with Gasteiger partial charge in [0.05, 0.1) is 24.3 Å². The number of carboxylic acid groups (broad SMARTS) is 1. The van der Waals surface area contributed by atoms with Gasteiger partial charge in [0.15, 0.2) is 0 Å². The van der Waals surface area contributed by atoms with E-state index in [9.17, 15) is 14.7 Å². The molecule has 0 spiro atoms. The monoisotopic (exact) mass is 278 g/mol. The molecular formula is C13H18N4O3. The van der Waals surface area contributed by atoms with Crippen LogP contribution < -0.4 is 0 Å². The van der Waals surface area contributed by atoms with E-state index in [1.165, 1.54) is 11.2 Å². The fraction of sp³-hybridized carbons (Fsp3) is 0.462. The van der Waals surface area contributed by atoms with Gasteiger partial charge in [-0.05, 0) is 6.92 Å². The lowest BCUT2D eigenvalue weighted by Gasteiger charge is -2.35.